The van der Waals surface area contributed by atoms with Gasteiger partial charge in [0.05, 0.1) is 12.2 Å². The summed E-state index contributed by atoms with van der Waals surface area (Å²) < 4.78 is 19.8. The minimum atomic E-state index is -0.373. The highest BCUT2D eigenvalue weighted by Crippen LogP contribution is 2.26. The van der Waals surface area contributed by atoms with Gasteiger partial charge < -0.3 is 15.5 Å². The molecule has 0 bridgehead atoms. The second-order valence-corrected chi connectivity index (χ2v) is 5.46. The highest BCUT2D eigenvalue weighted by Gasteiger charge is 2.17. The Hall–Kier alpha value is -0.940. The Kier molecular flexibility index (Phi) is 4.35. The standard InChI is InChI=1S/C13H16BrFN2O/c1-8(16)13-11(15)4-10(14)5-12(13)17-6-9-2-3-18-7-9/h4-5,9,16-17H,2-3,6-7H2,1H3. The van der Waals surface area contributed by atoms with E-state index in [-0.39, 0.29) is 11.5 Å². The first-order valence-electron chi connectivity index (χ1n) is 5.94. The zero-order valence-corrected chi connectivity index (χ0v) is 11.8. The predicted octanol–water partition coefficient (Wildman–Crippen LogP) is 3.42. The van der Waals surface area contributed by atoms with Crippen LogP contribution in [-0.2, 0) is 4.74 Å². The molecule has 0 radical (unpaired) electrons. The van der Waals surface area contributed by atoms with E-state index < -0.39 is 0 Å². The van der Waals surface area contributed by atoms with Gasteiger partial charge in [0.25, 0.3) is 0 Å². The number of rotatable bonds is 4. The number of ether oxygens (including phenoxy) is 1. The molecule has 1 aliphatic heterocycles. The first-order valence-corrected chi connectivity index (χ1v) is 6.73. The van der Waals surface area contributed by atoms with Gasteiger partial charge in [0.1, 0.15) is 5.82 Å². The molecule has 98 valence electrons. The van der Waals surface area contributed by atoms with Crippen LogP contribution in [0.4, 0.5) is 10.1 Å². The van der Waals surface area contributed by atoms with Gasteiger partial charge in [-0.3, -0.25) is 0 Å². The molecule has 0 amide bonds. The van der Waals surface area contributed by atoms with Crippen LogP contribution in [0.25, 0.3) is 0 Å². The Labute approximate surface area is 114 Å². The highest BCUT2D eigenvalue weighted by molar-refractivity contribution is 9.10. The third-order valence-electron chi connectivity index (χ3n) is 3.04. The Morgan fingerprint density at radius 2 is 2.39 bits per heavy atom. The molecule has 2 rings (SSSR count). The van der Waals surface area contributed by atoms with Gasteiger partial charge in [0.15, 0.2) is 0 Å². The normalized spacial score (nSPS) is 18.9. The Bertz CT molecular complexity index is 459. The lowest BCUT2D eigenvalue weighted by molar-refractivity contribution is 0.187. The lowest BCUT2D eigenvalue weighted by atomic mass is 10.1. The van der Waals surface area contributed by atoms with Crippen molar-refractivity contribution in [1.29, 1.82) is 5.41 Å². The summed E-state index contributed by atoms with van der Waals surface area (Å²) in [5.74, 6) is 0.0907. The molecule has 1 heterocycles. The maximum absolute atomic E-state index is 13.8. The molecule has 1 aliphatic rings. The van der Waals surface area contributed by atoms with E-state index in [9.17, 15) is 4.39 Å². The number of nitrogens with one attached hydrogen (secondary N) is 2. The van der Waals surface area contributed by atoms with Gasteiger partial charge in [-0.25, -0.2) is 4.39 Å². The summed E-state index contributed by atoms with van der Waals surface area (Å²) in [6, 6.07) is 3.20. The maximum Gasteiger partial charge on any atom is 0.135 e. The molecule has 1 aromatic carbocycles. The number of hydrogen-bond acceptors (Lipinski definition) is 3. The molecule has 18 heavy (non-hydrogen) atoms. The van der Waals surface area contributed by atoms with E-state index in [0.29, 0.717) is 21.6 Å². The molecule has 1 aromatic rings. The molecular weight excluding hydrogens is 299 g/mol. The summed E-state index contributed by atoms with van der Waals surface area (Å²) in [5, 5.41) is 10.9. The maximum atomic E-state index is 13.8. The van der Waals surface area contributed by atoms with Crippen LogP contribution in [0.1, 0.15) is 18.9 Å². The van der Waals surface area contributed by atoms with E-state index in [1.165, 1.54) is 6.07 Å². The van der Waals surface area contributed by atoms with Gasteiger partial charge in [-0.15, -0.1) is 0 Å². The first-order chi connectivity index (χ1) is 8.58. The molecule has 1 saturated heterocycles. The molecule has 2 N–H and O–H groups in total. The van der Waals surface area contributed by atoms with Crippen LogP contribution in [0, 0.1) is 17.1 Å². The van der Waals surface area contributed by atoms with E-state index in [4.69, 9.17) is 10.1 Å². The van der Waals surface area contributed by atoms with Crippen molar-refractivity contribution in [2.45, 2.75) is 13.3 Å². The third kappa shape index (κ3) is 3.09. The quantitative estimate of drug-likeness (QED) is 0.836. The van der Waals surface area contributed by atoms with Crippen molar-refractivity contribution in [3.63, 3.8) is 0 Å². The highest BCUT2D eigenvalue weighted by atomic mass is 79.9. The van der Waals surface area contributed by atoms with E-state index >= 15 is 0 Å². The summed E-state index contributed by atoms with van der Waals surface area (Å²) in [4.78, 5) is 0. The van der Waals surface area contributed by atoms with E-state index in [0.717, 1.165) is 26.2 Å². The van der Waals surface area contributed by atoms with Crippen LogP contribution in [0.5, 0.6) is 0 Å². The van der Waals surface area contributed by atoms with Crippen molar-refractivity contribution in [3.05, 3.63) is 28.0 Å². The molecule has 3 nitrogen and oxygen atoms in total. The van der Waals surface area contributed by atoms with Crippen molar-refractivity contribution in [2.75, 3.05) is 25.1 Å². The van der Waals surface area contributed by atoms with Gasteiger partial charge >= 0.3 is 0 Å². The zero-order valence-electron chi connectivity index (χ0n) is 10.2. The topological polar surface area (TPSA) is 45.1 Å². The minimum absolute atomic E-state index is 0.227. The average molecular weight is 315 g/mol. The molecule has 5 heteroatoms. The second-order valence-electron chi connectivity index (χ2n) is 4.55. The van der Waals surface area contributed by atoms with Crippen LogP contribution in [0.2, 0.25) is 0 Å². The van der Waals surface area contributed by atoms with Crippen molar-refractivity contribution in [2.24, 2.45) is 5.92 Å². The molecule has 0 spiro atoms. The lowest BCUT2D eigenvalue weighted by Gasteiger charge is -2.15. The molecular formula is C13H16BrFN2O. The average Bonchev–Trinajstić information content (AvgIpc) is 2.77. The minimum Gasteiger partial charge on any atom is -0.384 e. The number of benzene rings is 1. The number of hydrogen-bond donors (Lipinski definition) is 2. The second kappa shape index (κ2) is 5.80. The lowest BCUT2D eigenvalue weighted by Crippen LogP contribution is -2.16. The summed E-state index contributed by atoms with van der Waals surface area (Å²) in [6.07, 6.45) is 1.03. The fourth-order valence-corrected chi connectivity index (χ4v) is 2.52. The van der Waals surface area contributed by atoms with Gasteiger partial charge in [-0.2, -0.15) is 0 Å². The van der Waals surface area contributed by atoms with Crippen molar-refractivity contribution in [1.82, 2.24) is 0 Å². The molecule has 0 saturated carbocycles. The summed E-state index contributed by atoms with van der Waals surface area (Å²) in [5.41, 5.74) is 1.24. The van der Waals surface area contributed by atoms with Gasteiger partial charge in [0.2, 0.25) is 0 Å². The van der Waals surface area contributed by atoms with Crippen molar-refractivity contribution < 1.29 is 9.13 Å². The van der Waals surface area contributed by atoms with E-state index in [1.54, 1.807) is 6.92 Å². The van der Waals surface area contributed by atoms with Gasteiger partial charge in [-0.05, 0) is 25.5 Å². The molecule has 1 atom stereocenters. The smallest absolute Gasteiger partial charge is 0.135 e. The Balaban J connectivity index is 2.16. The summed E-state index contributed by atoms with van der Waals surface area (Å²) in [7, 11) is 0. The van der Waals surface area contributed by atoms with Crippen LogP contribution in [-0.4, -0.2) is 25.5 Å². The van der Waals surface area contributed by atoms with E-state index in [2.05, 4.69) is 21.2 Å². The predicted molar refractivity (Wildman–Crippen MR) is 74.0 cm³/mol. The van der Waals surface area contributed by atoms with Crippen LogP contribution in [0.15, 0.2) is 16.6 Å². The molecule has 0 aliphatic carbocycles. The monoisotopic (exact) mass is 314 g/mol. The summed E-state index contributed by atoms with van der Waals surface area (Å²) in [6.45, 7) is 3.89. The van der Waals surface area contributed by atoms with Crippen LogP contribution in [0.3, 0.4) is 0 Å². The fraction of sp³-hybridized carbons (Fsp3) is 0.462. The molecule has 1 unspecified atom stereocenters. The SMILES string of the molecule is CC(=N)c1c(F)cc(Br)cc1NCC1CCOC1. The largest absolute Gasteiger partial charge is 0.384 e. The number of halogens is 2. The van der Waals surface area contributed by atoms with E-state index in [1.807, 2.05) is 6.07 Å². The van der Waals surface area contributed by atoms with Gasteiger partial charge in [-0.1, -0.05) is 15.9 Å². The van der Waals surface area contributed by atoms with Crippen molar-refractivity contribution >= 4 is 27.3 Å². The molecule has 0 aromatic heterocycles. The van der Waals surface area contributed by atoms with Gasteiger partial charge in [0, 0.05) is 34.9 Å². The zero-order chi connectivity index (χ0) is 13.1. The van der Waals surface area contributed by atoms with Crippen molar-refractivity contribution in [3.8, 4) is 0 Å². The van der Waals surface area contributed by atoms with Crippen LogP contribution >= 0.6 is 15.9 Å². The Morgan fingerprint density at radius 1 is 1.61 bits per heavy atom. The third-order valence-corrected chi connectivity index (χ3v) is 3.49. The number of anilines is 1. The molecule has 1 fully saturated rings. The fourth-order valence-electron chi connectivity index (χ4n) is 2.09. The summed E-state index contributed by atoms with van der Waals surface area (Å²) >= 11 is 3.27. The first kappa shape index (κ1) is 13.5. The Morgan fingerprint density at radius 3 is 3.00 bits per heavy atom. The van der Waals surface area contributed by atoms with Crippen LogP contribution < -0.4 is 5.32 Å².